The van der Waals surface area contributed by atoms with E-state index in [9.17, 15) is 4.79 Å². The van der Waals surface area contributed by atoms with E-state index in [4.69, 9.17) is 5.11 Å². The molecule has 1 rings (SSSR count). The molecule has 1 aromatic rings. The minimum absolute atomic E-state index is 0.172. The summed E-state index contributed by atoms with van der Waals surface area (Å²) in [6, 6.07) is 8.38. The number of benzene rings is 1. The molecule has 0 saturated heterocycles. The number of aliphatic carboxylic acids is 1. The zero-order chi connectivity index (χ0) is 12.9. The molecular weight excluding hydrogens is 212 g/mol. The van der Waals surface area contributed by atoms with Gasteiger partial charge in [0.1, 0.15) is 0 Å². The third-order valence-electron chi connectivity index (χ3n) is 2.61. The van der Waals surface area contributed by atoms with Crippen LogP contribution in [0.1, 0.15) is 44.7 Å². The van der Waals surface area contributed by atoms with E-state index in [1.54, 1.807) is 0 Å². The van der Waals surface area contributed by atoms with Gasteiger partial charge in [-0.2, -0.15) is 0 Å². The van der Waals surface area contributed by atoms with Crippen LogP contribution in [0.25, 0.3) is 6.08 Å². The Morgan fingerprint density at radius 1 is 1.24 bits per heavy atom. The molecule has 0 fully saturated rings. The Morgan fingerprint density at radius 2 is 1.82 bits per heavy atom. The van der Waals surface area contributed by atoms with Crippen molar-refractivity contribution < 1.29 is 9.90 Å². The van der Waals surface area contributed by atoms with Gasteiger partial charge in [0.15, 0.2) is 0 Å². The molecule has 2 heteroatoms. The molecule has 0 atom stereocenters. The van der Waals surface area contributed by atoms with Crippen molar-refractivity contribution in [3.63, 3.8) is 0 Å². The van der Waals surface area contributed by atoms with Crippen LogP contribution in [0.5, 0.6) is 0 Å². The van der Waals surface area contributed by atoms with Crippen LogP contribution in [-0.4, -0.2) is 11.1 Å². The monoisotopic (exact) mass is 232 g/mol. The van der Waals surface area contributed by atoms with Gasteiger partial charge in [0.2, 0.25) is 0 Å². The Balaban J connectivity index is 2.60. The van der Waals surface area contributed by atoms with E-state index in [0.717, 1.165) is 5.56 Å². The van der Waals surface area contributed by atoms with Gasteiger partial charge in [-0.25, -0.2) is 0 Å². The second-order valence-corrected chi connectivity index (χ2v) is 5.21. The third-order valence-corrected chi connectivity index (χ3v) is 2.61. The first-order chi connectivity index (χ1) is 7.89. The van der Waals surface area contributed by atoms with Gasteiger partial charge in [-0.15, -0.1) is 0 Å². The first-order valence-electron chi connectivity index (χ1n) is 5.88. The number of allylic oxidation sites excluding steroid dienone is 1. The van der Waals surface area contributed by atoms with Gasteiger partial charge in [-0.05, 0) is 23.0 Å². The van der Waals surface area contributed by atoms with Crippen LogP contribution in [0, 0.1) is 0 Å². The van der Waals surface area contributed by atoms with E-state index in [0.29, 0.717) is 6.42 Å². The highest BCUT2D eigenvalue weighted by molar-refractivity contribution is 5.67. The molecule has 92 valence electrons. The summed E-state index contributed by atoms with van der Waals surface area (Å²) in [4.78, 5) is 10.3. The quantitative estimate of drug-likeness (QED) is 0.855. The summed E-state index contributed by atoms with van der Waals surface area (Å²) < 4.78 is 0. The van der Waals surface area contributed by atoms with Crippen LogP contribution in [0.2, 0.25) is 0 Å². The standard InChI is InChI=1S/C15H20O2/c1-15(2,3)13-10-8-12(9-11-13)6-4-5-7-14(16)17/h4,6,8-11H,5,7H2,1-3H3,(H,16,17). The molecule has 2 nitrogen and oxygen atoms in total. The minimum Gasteiger partial charge on any atom is -0.481 e. The van der Waals surface area contributed by atoms with Crippen LogP contribution in [0.4, 0.5) is 0 Å². The van der Waals surface area contributed by atoms with Crippen LogP contribution < -0.4 is 0 Å². The third kappa shape index (κ3) is 4.85. The number of carboxylic acid groups (broad SMARTS) is 1. The molecule has 0 bridgehead atoms. The van der Waals surface area contributed by atoms with Gasteiger partial charge in [-0.3, -0.25) is 4.79 Å². The van der Waals surface area contributed by atoms with Gasteiger partial charge in [0, 0.05) is 6.42 Å². The van der Waals surface area contributed by atoms with E-state index in [1.807, 2.05) is 12.2 Å². The first kappa shape index (κ1) is 13.5. The lowest BCUT2D eigenvalue weighted by Gasteiger charge is -2.18. The summed E-state index contributed by atoms with van der Waals surface area (Å²) in [6.07, 6.45) is 4.64. The highest BCUT2D eigenvalue weighted by Gasteiger charge is 2.12. The fourth-order valence-electron chi connectivity index (χ4n) is 1.52. The zero-order valence-electron chi connectivity index (χ0n) is 10.7. The second-order valence-electron chi connectivity index (χ2n) is 5.21. The first-order valence-corrected chi connectivity index (χ1v) is 5.88. The van der Waals surface area contributed by atoms with E-state index < -0.39 is 5.97 Å². The van der Waals surface area contributed by atoms with Crippen molar-refractivity contribution in [3.05, 3.63) is 41.5 Å². The average Bonchev–Trinajstić information content (AvgIpc) is 2.23. The van der Waals surface area contributed by atoms with Crippen molar-refractivity contribution in [2.24, 2.45) is 0 Å². The van der Waals surface area contributed by atoms with Crippen LogP contribution in [0.3, 0.4) is 0 Å². The average molecular weight is 232 g/mol. The van der Waals surface area contributed by atoms with Gasteiger partial charge in [-0.1, -0.05) is 57.2 Å². The number of rotatable bonds is 4. The molecule has 0 aliphatic heterocycles. The smallest absolute Gasteiger partial charge is 0.303 e. The summed E-state index contributed by atoms with van der Waals surface area (Å²) in [7, 11) is 0. The fraction of sp³-hybridized carbons (Fsp3) is 0.400. The van der Waals surface area contributed by atoms with Gasteiger partial charge in [0.05, 0.1) is 0 Å². The molecule has 1 N–H and O–H groups in total. The molecule has 0 saturated carbocycles. The predicted octanol–water partition coefficient (Wildman–Crippen LogP) is 3.86. The van der Waals surface area contributed by atoms with E-state index in [2.05, 4.69) is 45.0 Å². The maximum absolute atomic E-state index is 10.3. The lowest BCUT2D eigenvalue weighted by molar-refractivity contribution is -0.136. The predicted molar refractivity (Wildman–Crippen MR) is 71.0 cm³/mol. The Bertz CT molecular complexity index is 394. The molecule has 0 amide bonds. The summed E-state index contributed by atoms with van der Waals surface area (Å²) in [5.41, 5.74) is 2.59. The number of carbonyl (C=O) groups is 1. The van der Waals surface area contributed by atoms with Crippen molar-refractivity contribution in [1.82, 2.24) is 0 Å². The maximum Gasteiger partial charge on any atom is 0.303 e. The van der Waals surface area contributed by atoms with E-state index >= 15 is 0 Å². The number of carboxylic acids is 1. The summed E-state index contributed by atoms with van der Waals surface area (Å²) in [5.74, 6) is -0.752. The van der Waals surface area contributed by atoms with E-state index in [1.165, 1.54) is 5.56 Å². The van der Waals surface area contributed by atoms with Crippen molar-refractivity contribution in [1.29, 1.82) is 0 Å². The van der Waals surface area contributed by atoms with Crippen molar-refractivity contribution in [2.45, 2.75) is 39.0 Å². The lowest BCUT2D eigenvalue weighted by Crippen LogP contribution is -2.10. The molecule has 0 heterocycles. The topological polar surface area (TPSA) is 37.3 Å². The van der Waals surface area contributed by atoms with Crippen molar-refractivity contribution in [2.75, 3.05) is 0 Å². The van der Waals surface area contributed by atoms with Gasteiger partial charge in [0.25, 0.3) is 0 Å². The highest BCUT2D eigenvalue weighted by Crippen LogP contribution is 2.22. The minimum atomic E-state index is -0.752. The Labute approximate surface area is 103 Å². The maximum atomic E-state index is 10.3. The molecular formula is C15H20O2. The molecule has 0 aliphatic rings. The molecule has 0 aliphatic carbocycles. The SMILES string of the molecule is CC(C)(C)c1ccc(C=CCCC(=O)O)cc1. The molecule has 0 spiro atoms. The van der Waals surface area contributed by atoms with E-state index in [-0.39, 0.29) is 11.8 Å². The lowest BCUT2D eigenvalue weighted by atomic mass is 9.87. The summed E-state index contributed by atoms with van der Waals surface area (Å²) in [5, 5.41) is 8.50. The van der Waals surface area contributed by atoms with Gasteiger partial charge >= 0.3 is 5.97 Å². The van der Waals surface area contributed by atoms with Crippen LogP contribution >= 0.6 is 0 Å². The van der Waals surface area contributed by atoms with Crippen molar-refractivity contribution in [3.8, 4) is 0 Å². The number of hydrogen-bond donors (Lipinski definition) is 1. The largest absolute Gasteiger partial charge is 0.481 e. The Morgan fingerprint density at radius 3 is 2.29 bits per heavy atom. The highest BCUT2D eigenvalue weighted by atomic mass is 16.4. The summed E-state index contributed by atoms with van der Waals surface area (Å²) >= 11 is 0. The second kappa shape index (κ2) is 5.67. The number of hydrogen-bond acceptors (Lipinski definition) is 1. The zero-order valence-corrected chi connectivity index (χ0v) is 10.7. The molecule has 17 heavy (non-hydrogen) atoms. The van der Waals surface area contributed by atoms with Crippen LogP contribution in [0.15, 0.2) is 30.3 Å². The molecule has 0 radical (unpaired) electrons. The van der Waals surface area contributed by atoms with Gasteiger partial charge < -0.3 is 5.11 Å². The van der Waals surface area contributed by atoms with Crippen LogP contribution in [-0.2, 0) is 10.2 Å². The normalized spacial score (nSPS) is 11.9. The molecule has 1 aromatic carbocycles. The molecule has 0 unspecified atom stereocenters. The fourth-order valence-corrected chi connectivity index (χ4v) is 1.52. The molecule has 0 aromatic heterocycles. The Hall–Kier alpha value is -1.57. The Kier molecular flexibility index (Phi) is 4.50. The summed E-state index contributed by atoms with van der Waals surface area (Å²) in [6.45, 7) is 6.56. The van der Waals surface area contributed by atoms with Crippen molar-refractivity contribution >= 4 is 12.0 Å².